The number of nitrogens with one attached hydrogen (secondary N) is 1. The van der Waals surface area contributed by atoms with Gasteiger partial charge in [-0.3, -0.25) is 9.79 Å². The molecule has 0 aromatic heterocycles. The SMILES string of the molecule is CN(C)C(=O)CCNC1=NCCCC1. The molecule has 0 spiro atoms. The van der Waals surface area contributed by atoms with Crippen molar-refractivity contribution in [3.8, 4) is 0 Å². The number of amidine groups is 1. The lowest BCUT2D eigenvalue weighted by molar-refractivity contribution is -0.128. The van der Waals surface area contributed by atoms with Crippen molar-refractivity contribution in [2.24, 2.45) is 4.99 Å². The lowest BCUT2D eigenvalue weighted by Gasteiger charge is -2.15. The number of hydrogen-bond donors (Lipinski definition) is 1. The molecule has 0 saturated carbocycles. The molecule has 80 valence electrons. The lowest BCUT2D eigenvalue weighted by atomic mass is 10.2. The largest absolute Gasteiger partial charge is 0.373 e. The summed E-state index contributed by atoms with van der Waals surface area (Å²) in [6.45, 7) is 1.64. The smallest absolute Gasteiger partial charge is 0.223 e. The molecule has 4 heteroatoms. The van der Waals surface area contributed by atoms with Crippen LogP contribution in [-0.2, 0) is 4.79 Å². The maximum atomic E-state index is 11.2. The minimum absolute atomic E-state index is 0.161. The highest BCUT2D eigenvalue weighted by molar-refractivity contribution is 5.83. The van der Waals surface area contributed by atoms with Crippen LogP contribution in [0.5, 0.6) is 0 Å². The molecule has 0 radical (unpaired) electrons. The van der Waals surface area contributed by atoms with Gasteiger partial charge in [-0.05, 0) is 12.8 Å². The van der Waals surface area contributed by atoms with E-state index in [0.29, 0.717) is 13.0 Å². The van der Waals surface area contributed by atoms with E-state index < -0.39 is 0 Å². The maximum absolute atomic E-state index is 11.2. The van der Waals surface area contributed by atoms with Crippen molar-refractivity contribution in [1.82, 2.24) is 10.2 Å². The normalized spacial score (nSPS) is 16.0. The molecule has 1 N–H and O–H groups in total. The highest BCUT2D eigenvalue weighted by atomic mass is 16.2. The molecule has 0 unspecified atom stereocenters. The van der Waals surface area contributed by atoms with E-state index in [-0.39, 0.29) is 5.91 Å². The first-order chi connectivity index (χ1) is 6.70. The zero-order chi connectivity index (χ0) is 10.4. The standard InChI is InChI=1S/C10H19N3O/c1-13(2)10(14)6-8-12-9-5-3-4-7-11-9/h3-8H2,1-2H3,(H,11,12). The van der Waals surface area contributed by atoms with E-state index in [9.17, 15) is 4.79 Å². The number of carbonyl (C=O) groups excluding carboxylic acids is 1. The van der Waals surface area contributed by atoms with Gasteiger partial charge in [-0.25, -0.2) is 0 Å². The predicted octanol–water partition coefficient (Wildman–Crippen LogP) is 0.637. The molecule has 0 bridgehead atoms. The summed E-state index contributed by atoms with van der Waals surface area (Å²) in [5, 5.41) is 3.21. The molecule has 1 heterocycles. The van der Waals surface area contributed by atoms with E-state index in [1.807, 2.05) is 0 Å². The highest BCUT2D eigenvalue weighted by Gasteiger charge is 2.06. The summed E-state index contributed by atoms with van der Waals surface area (Å²) < 4.78 is 0. The van der Waals surface area contributed by atoms with Crippen molar-refractivity contribution in [1.29, 1.82) is 0 Å². The van der Waals surface area contributed by atoms with E-state index in [1.54, 1.807) is 19.0 Å². The van der Waals surface area contributed by atoms with Gasteiger partial charge in [0.15, 0.2) is 0 Å². The summed E-state index contributed by atoms with van der Waals surface area (Å²) >= 11 is 0. The molecular weight excluding hydrogens is 178 g/mol. The summed E-state index contributed by atoms with van der Waals surface area (Å²) in [5.41, 5.74) is 0. The Hall–Kier alpha value is -1.06. The zero-order valence-electron chi connectivity index (χ0n) is 9.05. The number of hydrogen-bond acceptors (Lipinski definition) is 3. The fourth-order valence-electron chi connectivity index (χ4n) is 1.38. The van der Waals surface area contributed by atoms with Crippen molar-refractivity contribution in [3.63, 3.8) is 0 Å². The lowest BCUT2D eigenvalue weighted by Crippen LogP contribution is -2.31. The topological polar surface area (TPSA) is 44.7 Å². The Kier molecular flexibility index (Phi) is 4.43. The Morgan fingerprint density at radius 3 is 2.86 bits per heavy atom. The van der Waals surface area contributed by atoms with Crippen LogP contribution in [-0.4, -0.2) is 43.8 Å². The van der Waals surface area contributed by atoms with Crippen LogP contribution in [0.15, 0.2) is 4.99 Å². The van der Waals surface area contributed by atoms with Crippen LogP contribution in [0, 0.1) is 0 Å². The van der Waals surface area contributed by atoms with Crippen molar-refractivity contribution in [2.45, 2.75) is 25.7 Å². The summed E-state index contributed by atoms with van der Waals surface area (Å²) in [6.07, 6.45) is 4.00. The number of aliphatic imine (C=N–C) groups is 1. The molecule has 1 aliphatic heterocycles. The summed E-state index contributed by atoms with van der Waals surface area (Å²) in [7, 11) is 3.56. The van der Waals surface area contributed by atoms with E-state index in [0.717, 1.165) is 18.8 Å². The van der Waals surface area contributed by atoms with Crippen molar-refractivity contribution >= 4 is 11.7 Å². The van der Waals surface area contributed by atoms with Crippen molar-refractivity contribution in [3.05, 3.63) is 0 Å². The third-order valence-corrected chi connectivity index (χ3v) is 2.29. The third kappa shape index (κ3) is 3.77. The van der Waals surface area contributed by atoms with E-state index in [2.05, 4.69) is 10.3 Å². The summed E-state index contributed by atoms with van der Waals surface area (Å²) in [4.78, 5) is 17.2. The number of rotatable bonds is 3. The van der Waals surface area contributed by atoms with Crippen LogP contribution < -0.4 is 5.32 Å². The molecule has 0 aromatic carbocycles. The number of amides is 1. The van der Waals surface area contributed by atoms with Crippen molar-refractivity contribution in [2.75, 3.05) is 27.2 Å². The van der Waals surface area contributed by atoms with Gasteiger partial charge in [0.2, 0.25) is 5.91 Å². The van der Waals surface area contributed by atoms with Gasteiger partial charge in [0.05, 0.1) is 5.84 Å². The first-order valence-electron chi connectivity index (χ1n) is 5.17. The Labute approximate surface area is 85.4 Å². The van der Waals surface area contributed by atoms with Gasteiger partial charge in [0.1, 0.15) is 0 Å². The third-order valence-electron chi connectivity index (χ3n) is 2.29. The molecule has 0 atom stereocenters. The molecule has 0 aromatic rings. The molecule has 1 rings (SSSR count). The maximum Gasteiger partial charge on any atom is 0.223 e. The molecule has 0 fully saturated rings. The van der Waals surface area contributed by atoms with Crippen LogP contribution in [0.2, 0.25) is 0 Å². The Bertz CT molecular complexity index is 223. The Balaban J connectivity index is 2.14. The van der Waals surface area contributed by atoms with Gasteiger partial charge in [-0.1, -0.05) is 0 Å². The molecule has 4 nitrogen and oxygen atoms in total. The second-order valence-corrected chi connectivity index (χ2v) is 3.75. The quantitative estimate of drug-likeness (QED) is 0.721. The predicted molar refractivity (Wildman–Crippen MR) is 57.5 cm³/mol. The monoisotopic (exact) mass is 197 g/mol. The summed E-state index contributed by atoms with van der Waals surface area (Å²) in [5.74, 6) is 1.23. The minimum atomic E-state index is 0.161. The first kappa shape index (κ1) is 11.0. The fourth-order valence-corrected chi connectivity index (χ4v) is 1.38. The van der Waals surface area contributed by atoms with Crippen LogP contribution >= 0.6 is 0 Å². The molecule has 0 saturated heterocycles. The van der Waals surface area contributed by atoms with Gasteiger partial charge < -0.3 is 10.2 Å². The van der Waals surface area contributed by atoms with Crippen LogP contribution in [0.1, 0.15) is 25.7 Å². The van der Waals surface area contributed by atoms with Gasteiger partial charge in [0, 0.05) is 40.0 Å². The average Bonchev–Trinajstić information content (AvgIpc) is 2.19. The number of carbonyl (C=O) groups is 1. The van der Waals surface area contributed by atoms with Crippen LogP contribution in [0.25, 0.3) is 0 Å². The summed E-state index contributed by atoms with van der Waals surface area (Å²) in [6, 6.07) is 0. The van der Waals surface area contributed by atoms with E-state index >= 15 is 0 Å². The first-order valence-corrected chi connectivity index (χ1v) is 5.17. The minimum Gasteiger partial charge on any atom is -0.373 e. The number of nitrogens with zero attached hydrogens (tertiary/aromatic N) is 2. The Morgan fingerprint density at radius 1 is 1.50 bits per heavy atom. The zero-order valence-corrected chi connectivity index (χ0v) is 9.05. The van der Waals surface area contributed by atoms with E-state index in [1.165, 1.54) is 12.8 Å². The highest BCUT2D eigenvalue weighted by Crippen LogP contribution is 2.03. The van der Waals surface area contributed by atoms with Crippen LogP contribution in [0.3, 0.4) is 0 Å². The van der Waals surface area contributed by atoms with E-state index in [4.69, 9.17) is 0 Å². The van der Waals surface area contributed by atoms with Gasteiger partial charge in [0.25, 0.3) is 0 Å². The molecule has 14 heavy (non-hydrogen) atoms. The Morgan fingerprint density at radius 2 is 2.29 bits per heavy atom. The second-order valence-electron chi connectivity index (χ2n) is 3.75. The van der Waals surface area contributed by atoms with Gasteiger partial charge in [-0.15, -0.1) is 0 Å². The molecular formula is C10H19N3O. The fraction of sp³-hybridized carbons (Fsp3) is 0.800. The molecule has 0 aliphatic carbocycles. The van der Waals surface area contributed by atoms with Gasteiger partial charge >= 0.3 is 0 Å². The van der Waals surface area contributed by atoms with Crippen LogP contribution in [0.4, 0.5) is 0 Å². The van der Waals surface area contributed by atoms with Crippen molar-refractivity contribution < 1.29 is 4.79 Å². The average molecular weight is 197 g/mol. The molecule has 1 amide bonds. The molecule has 1 aliphatic rings. The second kappa shape index (κ2) is 5.62. The van der Waals surface area contributed by atoms with Gasteiger partial charge in [-0.2, -0.15) is 0 Å².